The summed E-state index contributed by atoms with van der Waals surface area (Å²) >= 11 is 0. The Balaban J connectivity index is 2.28. The lowest BCUT2D eigenvalue weighted by Gasteiger charge is -2.25. The van der Waals surface area contributed by atoms with Crippen molar-refractivity contribution < 1.29 is 38.1 Å². The fraction of sp³-hybridized carbons (Fsp3) is 0.469. The third-order valence-electron chi connectivity index (χ3n) is 5.79. The zero-order valence-electron chi connectivity index (χ0n) is 25.5. The molecule has 0 saturated carbocycles. The predicted octanol–water partition coefficient (Wildman–Crippen LogP) is 6.74. The van der Waals surface area contributed by atoms with Crippen LogP contribution in [0.5, 0.6) is 17.2 Å². The molecular formula is C32H42O8. The fourth-order valence-corrected chi connectivity index (χ4v) is 3.39. The number of carbonyl (C=O) groups excluding carboxylic acids is 3. The molecule has 0 radical (unpaired) electrons. The second kappa shape index (κ2) is 12.6. The minimum atomic E-state index is -1.59. The number of carbonyl (C=O) groups is 3. The number of benzene rings is 2. The standard InChI is InChI=1S/C32H42O8/c1-30(2,3)23-17-19-25(36-10)22(26(23)37-11)16-18-24(33)20-12-14-21(15-13-20)38-29(39-27(34)31(4,5)6)40-28(35)32(7,8)9/h12-19,29H,1-11H3. The molecule has 0 aliphatic carbocycles. The summed E-state index contributed by atoms with van der Waals surface area (Å²) < 4.78 is 27.5. The Morgan fingerprint density at radius 2 is 1.25 bits per heavy atom. The van der Waals surface area contributed by atoms with E-state index in [1.54, 1.807) is 74.0 Å². The van der Waals surface area contributed by atoms with Crippen molar-refractivity contribution in [2.45, 2.75) is 74.2 Å². The van der Waals surface area contributed by atoms with Crippen molar-refractivity contribution in [3.05, 3.63) is 59.2 Å². The van der Waals surface area contributed by atoms with E-state index in [9.17, 15) is 14.4 Å². The van der Waals surface area contributed by atoms with E-state index >= 15 is 0 Å². The van der Waals surface area contributed by atoms with Gasteiger partial charge in [-0.3, -0.25) is 14.4 Å². The SMILES string of the molecule is COc1ccc(C(C)(C)C)c(OC)c1C=CC(=O)c1ccc(OC(OC(=O)C(C)(C)C)OC(=O)C(C)(C)C)cc1. The van der Waals surface area contributed by atoms with Gasteiger partial charge in [0.25, 0.3) is 0 Å². The lowest BCUT2D eigenvalue weighted by Crippen LogP contribution is -2.37. The van der Waals surface area contributed by atoms with Gasteiger partial charge in [-0.15, -0.1) is 0 Å². The van der Waals surface area contributed by atoms with Gasteiger partial charge in [-0.2, -0.15) is 0 Å². The summed E-state index contributed by atoms with van der Waals surface area (Å²) in [6, 6.07) is 10.0. The first kappa shape index (κ1) is 32.4. The van der Waals surface area contributed by atoms with Crippen LogP contribution >= 0.6 is 0 Å². The molecule has 0 aromatic heterocycles. The van der Waals surface area contributed by atoms with Gasteiger partial charge in [-0.05, 0) is 89.4 Å². The molecule has 0 N–H and O–H groups in total. The highest BCUT2D eigenvalue weighted by molar-refractivity contribution is 6.07. The molecule has 40 heavy (non-hydrogen) atoms. The van der Waals surface area contributed by atoms with E-state index in [0.717, 1.165) is 5.56 Å². The Morgan fingerprint density at radius 3 is 1.68 bits per heavy atom. The first-order valence-corrected chi connectivity index (χ1v) is 13.0. The quantitative estimate of drug-likeness (QED) is 0.146. The van der Waals surface area contributed by atoms with Gasteiger partial charge in [0.1, 0.15) is 17.2 Å². The van der Waals surface area contributed by atoms with Crippen LogP contribution in [0.4, 0.5) is 0 Å². The maximum Gasteiger partial charge on any atom is 0.410 e. The summed E-state index contributed by atoms with van der Waals surface area (Å²) in [7, 11) is 3.15. The highest BCUT2D eigenvalue weighted by atomic mass is 16.9. The largest absolute Gasteiger partial charge is 0.496 e. The van der Waals surface area contributed by atoms with Crippen molar-refractivity contribution in [1.82, 2.24) is 0 Å². The van der Waals surface area contributed by atoms with Gasteiger partial charge in [0.15, 0.2) is 5.78 Å². The van der Waals surface area contributed by atoms with Gasteiger partial charge in [0, 0.05) is 11.1 Å². The van der Waals surface area contributed by atoms with E-state index < -0.39 is 29.2 Å². The Morgan fingerprint density at radius 1 is 0.725 bits per heavy atom. The zero-order valence-corrected chi connectivity index (χ0v) is 25.5. The van der Waals surface area contributed by atoms with Crippen molar-refractivity contribution in [3.8, 4) is 17.2 Å². The molecule has 2 aromatic rings. The van der Waals surface area contributed by atoms with Crippen LogP contribution in [0.25, 0.3) is 6.08 Å². The number of methoxy groups -OCH3 is 2. The van der Waals surface area contributed by atoms with Crippen molar-refractivity contribution in [1.29, 1.82) is 0 Å². The summed E-state index contributed by atoms with van der Waals surface area (Å²) in [4.78, 5) is 37.9. The molecule has 0 bridgehead atoms. The van der Waals surface area contributed by atoms with Gasteiger partial charge in [-0.25, -0.2) is 0 Å². The first-order valence-electron chi connectivity index (χ1n) is 13.0. The molecule has 0 heterocycles. The molecule has 0 aliphatic rings. The Kier molecular flexibility index (Phi) is 10.2. The van der Waals surface area contributed by atoms with E-state index in [1.807, 2.05) is 12.1 Å². The molecule has 0 fully saturated rings. The molecule has 8 heteroatoms. The topological polar surface area (TPSA) is 97.4 Å². The number of allylic oxidation sites excluding steroid dienone is 1. The van der Waals surface area contributed by atoms with Crippen molar-refractivity contribution in [2.75, 3.05) is 14.2 Å². The normalized spacial score (nSPS) is 12.3. The number of hydrogen-bond donors (Lipinski definition) is 0. The maximum absolute atomic E-state index is 13.0. The van der Waals surface area contributed by atoms with Gasteiger partial charge >= 0.3 is 18.4 Å². The van der Waals surface area contributed by atoms with Crippen LogP contribution in [0.2, 0.25) is 0 Å². The smallest absolute Gasteiger partial charge is 0.410 e. The van der Waals surface area contributed by atoms with Gasteiger partial charge in [-0.1, -0.05) is 26.8 Å². The van der Waals surface area contributed by atoms with Crippen LogP contribution in [0.3, 0.4) is 0 Å². The van der Waals surface area contributed by atoms with Crippen LogP contribution in [0, 0.1) is 10.8 Å². The van der Waals surface area contributed by atoms with Crippen molar-refractivity contribution in [3.63, 3.8) is 0 Å². The summed E-state index contributed by atoms with van der Waals surface area (Å²) in [5.41, 5.74) is 0.184. The number of esters is 2. The van der Waals surface area contributed by atoms with E-state index in [-0.39, 0.29) is 16.9 Å². The van der Waals surface area contributed by atoms with Gasteiger partial charge in [0.2, 0.25) is 0 Å². The monoisotopic (exact) mass is 554 g/mol. The van der Waals surface area contributed by atoms with Crippen LogP contribution in [-0.2, 0) is 24.5 Å². The highest BCUT2D eigenvalue weighted by Crippen LogP contribution is 2.39. The molecule has 218 valence electrons. The van der Waals surface area contributed by atoms with Crippen molar-refractivity contribution in [2.24, 2.45) is 10.8 Å². The summed E-state index contributed by atoms with van der Waals surface area (Å²) in [5, 5.41) is 0. The van der Waals surface area contributed by atoms with Crippen LogP contribution in [-0.4, -0.2) is 38.4 Å². The summed E-state index contributed by atoms with van der Waals surface area (Å²) in [5.74, 6) is 0.00973. The van der Waals surface area contributed by atoms with Crippen molar-refractivity contribution >= 4 is 23.8 Å². The number of rotatable bonds is 9. The zero-order chi connectivity index (χ0) is 30.5. The molecule has 2 aromatic carbocycles. The van der Waals surface area contributed by atoms with E-state index in [1.165, 1.54) is 18.2 Å². The summed E-state index contributed by atoms with van der Waals surface area (Å²) in [6.07, 6.45) is 3.12. The fourth-order valence-electron chi connectivity index (χ4n) is 3.39. The average molecular weight is 555 g/mol. The van der Waals surface area contributed by atoms with Gasteiger partial charge in [0.05, 0.1) is 30.6 Å². The minimum Gasteiger partial charge on any atom is -0.496 e. The Hall–Kier alpha value is -3.81. The van der Waals surface area contributed by atoms with Crippen LogP contribution in [0.1, 0.15) is 83.8 Å². The van der Waals surface area contributed by atoms with Crippen LogP contribution < -0.4 is 14.2 Å². The Bertz CT molecular complexity index is 1210. The second-order valence-electron chi connectivity index (χ2n) is 12.5. The molecule has 0 aliphatic heterocycles. The Labute approximate surface area is 237 Å². The molecular weight excluding hydrogens is 512 g/mol. The molecule has 8 nitrogen and oxygen atoms in total. The van der Waals surface area contributed by atoms with Crippen LogP contribution in [0.15, 0.2) is 42.5 Å². The van der Waals surface area contributed by atoms with E-state index in [4.69, 9.17) is 23.7 Å². The average Bonchev–Trinajstić information content (AvgIpc) is 2.85. The lowest BCUT2D eigenvalue weighted by atomic mass is 9.85. The molecule has 0 saturated heterocycles. The maximum atomic E-state index is 13.0. The van der Waals surface area contributed by atoms with Gasteiger partial charge < -0.3 is 23.7 Å². The summed E-state index contributed by atoms with van der Waals surface area (Å²) in [6.45, 7) is 14.7. The predicted molar refractivity (Wildman–Crippen MR) is 154 cm³/mol. The third kappa shape index (κ3) is 8.60. The minimum absolute atomic E-state index is 0.180. The molecule has 0 atom stereocenters. The first-order chi connectivity index (χ1) is 18.4. The van der Waals surface area contributed by atoms with E-state index in [0.29, 0.717) is 22.6 Å². The lowest BCUT2D eigenvalue weighted by molar-refractivity contribution is -0.244. The number of ketones is 1. The molecule has 2 rings (SSSR count). The highest BCUT2D eigenvalue weighted by Gasteiger charge is 2.33. The van der Waals surface area contributed by atoms with E-state index in [2.05, 4.69) is 20.8 Å². The molecule has 0 amide bonds. The second-order valence-corrected chi connectivity index (χ2v) is 12.5. The molecule has 0 spiro atoms. The number of ether oxygens (including phenoxy) is 5. The third-order valence-corrected chi connectivity index (χ3v) is 5.79. The molecule has 0 unspecified atom stereocenters. The number of hydrogen-bond acceptors (Lipinski definition) is 8.